The van der Waals surface area contributed by atoms with Gasteiger partial charge in [0.15, 0.2) is 6.29 Å². The minimum atomic E-state index is -0.936. The van der Waals surface area contributed by atoms with Gasteiger partial charge >= 0.3 is 0 Å². The van der Waals surface area contributed by atoms with Gasteiger partial charge in [-0.15, -0.1) is 10.2 Å². The maximum atomic E-state index is 10.9. The number of carbonyl (C=O) groups excluding carboxylic acids is 1. The molecule has 1 saturated carbocycles. The number of H-pyrrole nitrogens is 1. The average Bonchev–Trinajstić information content (AvgIpc) is 2.81. The highest BCUT2D eigenvalue weighted by molar-refractivity contribution is 5.82. The predicted octanol–water partition coefficient (Wildman–Crippen LogP) is 1.48. The Kier molecular flexibility index (Phi) is 2.18. The second kappa shape index (κ2) is 3.52. The van der Waals surface area contributed by atoms with E-state index in [1.54, 1.807) is 0 Å². The molecule has 2 aromatic rings. The van der Waals surface area contributed by atoms with Crippen molar-refractivity contribution in [3.8, 4) is 11.6 Å². The van der Waals surface area contributed by atoms with E-state index in [2.05, 4.69) is 15.2 Å². The molecule has 6 nitrogen and oxygen atoms in total. The Morgan fingerprint density at radius 2 is 2.11 bits per heavy atom. The molecule has 94 valence electrons. The summed E-state index contributed by atoms with van der Waals surface area (Å²) in [7, 11) is 0. The van der Waals surface area contributed by atoms with Crippen molar-refractivity contribution in [1.29, 1.82) is 0 Å². The Morgan fingerprint density at radius 3 is 2.67 bits per heavy atom. The Labute approximate surface area is 103 Å². The molecule has 3 rings (SSSR count). The van der Waals surface area contributed by atoms with Crippen molar-refractivity contribution in [2.75, 3.05) is 0 Å². The first-order chi connectivity index (χ1) is 8.55. The number of rotatable bonds is 3. The lowest BCUT2D eigenvalue weighted by Crippen LogP contribution is -2.03. The highest BCUT2D eigenvalue weighted by Gasteiger charge is 2.47. The standard InChI is InChI=1S/C12H13N3O3/c1-6-8(5-16)7(2)13-9(6)10-14-15-11(18-10)12(17)3-4-12/h5,13,17H,3-4H2,1-2H3. The van der Waals surface area contributed by atoms with E-state index in [0.717, 1.165) is 17.5 Å². The lowest BCUT2D eigenvalue weighted by atomic mass is 10.1. The molecule has 0 unspecified atom stereocenters. The summed E-state index contributed by atoms with van der Waals surface area (Å²) in [6, 6.07) is 0. The van der Waals surface area contributed by atoms with E-state index >= 15 is 0 Å². The van der Waals surface area contributed by atoms with Crippen LogP contribution in [-0.4, -0.2) is 26.6 Å². The summed E-state index contributed by atoms with van der Waals surface area (Å²) in [4.78, 5) is 14.0. The third-order valence-corrected chi connectivity index (χ3v) is 3.37. The summed E-state index contributed by atoms with van der Waals surface area (Å²) >= 11 is 0. The van der Waals surface area contributed by atoms with Gasteiger partial charge in [-0.25, -0.2) is 0 Å². The maximum absolute atomic E-state index is 10.9. The van der Waals surface area contributed by atoms with Gasteiger partial charge < -0.3 is 14.5 Å². The van der Waals surface area contributed by atoms with Crippen LogP contribution in [0.4, 0.5) is 0 Å². The van der Waals surface area contributed by atoms with Crippen molar-refractivity contribution in [3.05, 3.63) is 22.7 Å². The molecular weight excluding hydrogens is 234 g/mol. The van der Waals surface area contributed by atoms with Crippen LogP contribution >= 0.6 is 0 Å². The quantitative estimate of drug-likeness (QED) is 0.801. The van der Waals surface area contributed by atoms with E-state index in [4.69, 9.17) is 4.42 Å². The SMILES string of the molecule is Cc1[nH]c(-c2nnc(C3(O)CC3)o2)c(C)c1C=O. The Bertz CT molecular complexity index is 623. The van der Waals surface area contributed by atoms with Gasteiger partial charge in [0.05, 0.1) is 0 Å². The number of hydrogen-bond acceptors (Lipinski definition) is 5. The summed E-state index contributed by atoms with van der Waals surface area (Å²) in [6.07, 6.45) is 2.10. The zero-order chi connectivity index (χ0) is 12.9. The first-order valence-corrected chi connectivity index (χ1v) is 5.76. The van der Waals surface area contributed by atoms with Gasteiger partial charge in [0, 0.05) is 11.3 Å². The molecule has 0 atom stereocenters. The number of carbonyl (C=O) groups is 1. The fraction of sp³-hybridized carbons (Fsp3) is 0.417. The Hall–Kier alpha value is -1.95. The average molecular weight is 247 g/mol. The van der Waals surface area contributed by atoms with Crippen LogP contribution in [0.5, 0.6) is 0 Å². The summed E-state index contributed by atoms with van der Waals surface area (Å²) < 4.78 is 5.47. The van der Waals surface area contributed by atoms with Crippen molar-refractivity contribution in [3.63, 3.8) is 0 Å². The highest BCUT2D eigenvalue weighted by atomic mass is 16.4. The lowest BCUT2D eigenvalue weighted by molar-refractivity contribution is 0.112. The summed E-state index contributed by atoms with van der Waals surface area (Å²) in [5.41, 5.74) is 1.85. The summed E-state index contributed by atoms with van der Waals surface area (Å²) in [5.74, 6) is 0.552. The van der Waals surface area contributed by atoms with E-state index in [0.29, 0.717) is 30.0 Å². The third kappa shape index (κ3) is 1.49. The minimum Gasteiger partial charge on any atom is -0.416 e. The van der Waals surface area contributed by atoms with Crippen molar-refractivity contribution < 1.29 is 14.3 Å². The number of aromatic amines is 1. The molecule has 2 N–H and O–H groups in total. The molecule has 0 spiro atoms. The molecule has 2 aromatic heterocycles. The second-order valence-corrected chi connectivity index (χ2v) is 4.73. The van der Waals surface area contributed by atoms with E-state index in [1.165, 1.54) is 0 Å². The zero-order valence-electron chi connectivity index (χ0n) is 10.1. The van der Waals surface area contributed by atoms with Gasteiger partial charge in [0.1, 0.15) is 11.3 Å². The van der Waals surface area contributed by atoms with Crippen LogP contribution < -0.4 is 0 Å². The predicted molar refractivity (Wildman–Crippen MR) is 62.1 cm³/mol. The van der Waals surface area contributed by atoms with Crippen molar-refractivity contribution in [2.45, 2.75) is 32.3 Å². The monoisotopic (exact) mass is 247 g/mol. The van der Waals surface area contributed by atoms with Crippen molar-refractivity contribution in [2.24, 2.45) is 0 Å². The first kappa shape index (κ1) is 11.2. The Morgan fingerprint density at radius 1 is 1.39 bits per heavy atom. The number of aryl methyl sites for hydroxylation is 1. The van der Waals surface area contributed by atoms with Crippen LogP contribution in [0.1, 0.15) is 40.3 Å². The zero-order valence-corrected chi connectivity index (χ0v) is 10.1. The van der Waals surface area contributed by atoms with Gasteiger partial charge in [-0.2, -0.15) is 0 Å². The second-order valence-electron chi connectivity index (χ2n) is 4.73. The number of nitrogens with zero attached hydrogens (tertiary/aromatic N) is 2. The largest absolute Gasteiger partial charge is 0.416 e. The topological polar surface area (TPSA) is 92.0 Å². The van der Waals surface area contributed by atoms with E-state index in [1.807, 2.05) is 13.8 Å². The molecule has 0 aliphatic heterocycles. The fourth-order valence-electron chi connectivity index (χ4n) is 2.00. The number of aldehydes is 1. The van der Waals surface area contributed by atoms with Crippen LogP contribution in [0.2, 0.25) is 0 Å². The molecule has 1 fully saturated rings. The number of aliphatic hydroxyl groups is 1. The third-order valence-electron chi connectivity index (χ3n) is 3.37. The molecule has 6 heteroatoms. The molecule has 0 amide bonds. The van der Waals surface area contributed by atoms with Crippen molar-refractivity contribution >= 4 is 6.29 Å². The van der Waals surface area contributed by atoms with Crippen molar-refractivity contribution in [1.82, 2.24) is 15.2 Å². The minimum absolute atomic E-state index is 0.247. The lowest BCUT2D eigenvalue weighted by Gasteiger charge is -1.98. The Balaban J connectivity index is 2.05. The van der Waals surface area contributed by atoms with Crippen LogP contribution in [0.15, 0.2) is 4.42 Å². The molecule has 18 heavy (non-hydrogen) atoms. The molecule has 0 aromatic carbocycles. The number of nitrogens with one attached hydrogen (secondary N) is 1. The van der Waals surface area contributed by atoms with E-state index in [-0.39, 0.29) is 5.89 Å². The van der Waals surface area contributed by atoms with Gasteiger partial charge in [0.25, 0.3) is 5.89 Å². The molecule has 0 saturated heterocycles. The van der Waals surface area contributed by atoms with Crippen LogP contribution in [0.25, 0.3) is 11.6 Å². The van der Waals surface area contributed by atoms with Gasteiger partial charge in [-0.1, -0.05) is 0 Å². The molecule has 1 aliphatic rings. The van der Waals surface area contributed by atoms with Gasteiger partial charge in [-0.3, -0.25) is 4.79 Å². The maximum Gasteiger partial charge on any atom is 0.264 e. The number of aromatic nitrogens is 3. The molecule has 2 heterocycles. The molecule has 0 bridgehead atoms. The fourth-order valence-corrected chi connectivity index (χ4v) is 2.00. The van der Waals surface area contributed by atoms with Crippen LogP contribution in [-0.2, 0) is 5.60 Å². The van der Waals surface area contributed by atoms with Crippen LogP contribution in [0.3, 0.4) is 0 Å². The van der Waals surface area contributed by atoms with Gasteiger partial charge in [-0.05, 0) is 32.3 Å². The highest BCUT2D eigenvalue weighted by Crippen LogP contribution is 2.45. The smallest absolute Gasteiger partial charge is 0.264 e. The molecule has 0 radical (unpaired) electrons. The summed E-state index contributed by atoms with van der Waals surface area (Å²) in [6.45, 7) is 3.63. The van der Waals surface area contributed by atoms with E-state index < -0.39 is 5.60 Å². The molecular formula is C12H13N3O3. The van der Waals surface area contributed by atoms with Crippen LogP contribution in [0, 0.1) is 13.8 Å². The molecule has 1 aliphatic carbocycles. The normalized spacial score (nSPS) is 16.8. The van der Waals surface area contributed by atoms with E-state index in [9.17, 15) is 9.90 Å². The summed E-state index contributed by atoms with van der Waals surface area (Å²) in [5, 5.41) is 17.6. The number of hydrogen-bond donors (Lipinski definition) is 2. The first-order valence-electron chi connectivity index (χ1n) is 5.76. The van der Waals surface area contributed by atoms with Gasteiger partial charge in [0.2, 0.25) is 5.89 Å².